The average Bonchev–Trinajstić information content (AvgIpc) is 3.07. The van der Waals surface area contributed by atoms with E-state index < -0.39 is 0 Å². The zero-order valence-corrected chi connectivity index (χ0v) is 15.9. The van der Waals surface area contributed by atoms with Crippen LogP contribution in [0.3, 0.4) is 0 Å². The molecule has 0 nitrogen and oxygen atoms in total. The number of benzene rings is 3. The first-order valence-electron chi connectivity index (χ1n) is 9.14. The predicted molar refractivity (Wildman–Crippen MR) is 118 cm³/mol. The van der Waals surface area contributed by atoms with E-state index >= 15 is 0 Å². The van der Waals surface area contributed by atoms with Gasteiger partial charge in [-0.2, -0.15) is 0 Å². The Kier molecular flexibility index (Phi) is 4.73. The monoisotopic (exact) mass is 354 g/mol. The van der Waals surface area contributed by atoms with Gasteiger partial charge in [0.15, 0.2) is 0 Å². The number of hydrogen-bond donors (Lipinski definition) is 0. The third-order valence-corrected chi connectivity index (χ3v) is 6.03. The van der Waals surface area contributed by atoms with Gasteiger partial charge in [0, 0.05) is 20.2 Å². The number of thiophene rings is 1. The fourth-order valence-electron chi connectivity index (χ4n) is 3.57. The van der Waals surface area contributed by atoms with Crippen molar-refractivity contribution in [2.24, 2.45) is 0 Å². The lowest BCUT2D eigenvalue weighted by Crippen LogP contribution is -1.85. The molecule has 0 aliphatic rings. The zero-order chi connectivity index (χ0) is 17.9. The van der Waals surface area contributed by atoms with Crippen LogP contribution in [-0.2, 0) is 0 Å². The fourth-order valence-corrected chi connectivity index (χ4v) is 4.81. The fraction of sp³-hybridized carbons (Fsp3) is 0.120. The second kappa shape index (κ2) is 7.31. The van der Waals surface area contributed by atoms with Crippen LogP contribution in [0.25, 0.3) is 36.9 Å². The molecule has 0 amide bonds. The molecule has 0 bridgehead atoms. The molecule has 0 N–H and O–H groups in total. The Labute approximate surface area is 159 Å². The van der Waals surface area contributed by atoms with Crippen molar-refractivity contribution in [3.63, 3.8) is 0 Å². The van der Waals surface area contributed by atoms with Crippen LogP contribution in [0.5, 0.6) is 0 Å². The summed E-state index contributed by atoms with van der Waals surface area (Å²) in [5, 5.41) is 2.70. The molecule has 0 aliphatic heterocycles. The van der Waals surface area contributed by atoms with Crippen LogP contribution in [0.4, 0.5) is 0 Å². The molecule has 4 aromatic rings. The van der Waals surface area contributed by atoms with Gasteiger partial charge in [0.25, 0.3) is 0 Å². The van der Waals surface area contributed by atoms with E-state index in [9.17, 15) is 0 Å². The van der Waals surface area contributed by atoms with E-state index in [1.54, 1.807) is 0 Å². The molecule has 0 saturated carbocycles. The van der Waals surface area contributed by atoms with E-state index in [4.69, 9.17) is 0 Å². The average molecular weight is 355 g/mol. The highest BCUT2D eigenvalue weighted by atomic mass is 32.1. The second-order valence-corrected chi connectivity index (χ2v) is 7.59. The van der Waals surface area contributed by atoms with Crippen LogP contribution >= 0.6 is 11.3 Å². The van der Waals surface area contributed by atoms with E-state index in [0.717, 1.165) is 12.8 Å². The maximum absolute atomic E-state index is 3.85. The van der Waals surface area contributed by atoms with Crippen LogP contribution in [0.15, 0.2) is 85.5 Å². The van der Waals surface area contributed by atoms with Gasteiger partial charge in [-0.15, -0.1) is 11.3 Å². The molecule has 0 fully saturated rings. The molecule has 26 heavy (non-hydrogen) atoms. The van der Waals surface area contributed by atoms with Crippen molar-refractivity contribution in [2.75, 3.05) is 0 Å². The van der Waals surface area contributed by atoms with Crippen LogP contribution in [0.1, 0.15) is 25.3 Å². The summed E-state index contributed by atoms with van der Waals surface area (Å²) < 4.78 is 2.72. The van der Waals surface area contributed by atoms with Crippen molar-refractivity contribution in [2.45, 2.75) is 19.8 Å². The van der Waals surface area contributed by atoms with Gasteiger partial charge in [-0.05, 0) is 34.8 Å². The lowest BCUT2D eigenvalue weighted by Gasteiger charge is -2.08. The van der Waals surface area contributed by atoms with E-state index in [2.05, 4.69) is 86.3 Å². The summed E-state index contributed by atoms with van der Waals surface area (Å²) in [5.41, 5.74) is 5.24. The molecular formula is C25H22S. The summed E-state index contributed by atoms with van der Waals surface area (Å²) in [7, 11) is 0. The van der Waals surface area contributed by atoms with Crippen molar-refractivity contribution in [1.82, 2.24) is 0 Å². The molecule has 1 aromatic heterocycles. The van der Waals surface area contributed by atoms with Gasteiger partial charge in [-0.1, -0.05) is 92.7 Å². The molecule has 0 atom stereocenters. The molecule has 1 heterocycles. The van der Waals surface area contributed by atoms with Gasteiger partial charge in [0.2, 0.25) is 0 Å². The number of fused-ring (bicyclic) bond motifs is 3. The highest BCUT2D eigenvalue weighted by Gasteiger charge is 2.10. The molecular weight excluding hydrogens is 332 g/mol. The SMILES string of the molecule is C=C/C=C(\CCC)c1ccc(-c2cccc3c2sc2ccccc23)cc1. The molecule has 0 spiro atoms. The van der Waals surface area contributed by atoms with Crippen LogP contribution in [-0.4, -0.2) is 0 Å². The Morgan fingerprint density at radius 2 is 1.69 bits per heavy atom. The van der Waals surface area contributed by atoms with Crippen molar-refractivity contribution >= 4 is 37.1 Å². The summed E-state index contributed by atoms with van der Waals surface area (Å²) in [4.78, 5) is 0. The minimum Gasteiger partial charge on any atom is -0.135 e. The second-order valence-electron chi connectivity index (χ2n) is 6.54. The van der Waals surface area contributed by atoms with Gasteiger partial charge < -0.3 is 0 Å². The van der Waals surface area contributed by atoms with Gasteiger partial charge in [-0.3, -0.25) is 0 Å². The quantitative estimate of drug-likeness (QED) is 0.318. The van der Waals surface area contributed by atoms with Gasteiger partial charge in [0.1, 0.15) is 0 Å². The van der Waals surface area contributed by atoms with E-state index in [-0.39, 0.29) is 0 Å². The smallest absolute Gasteiger partial charge is 0.0433 e. The molecule has 1 heteroatoms. The number of rotatable bonds is 5. The van der Waals surface area contributed by atoms with Crippen molar-refractivity contribution in [3.8, 4) is 11.1 Å². The Morgan fingerprint density at radius 3 is 2.46 bits per heavy atom. The van der Waals surface area contributed by atoms with Crippen LogP contribution < -0.4 is 0 Å². The Morgan fingerprint density at radius 1 is 0.923 bits per heavy atom. The molecule has 0 radical (unpaired) electrons. The van der Waals surface area contributed by atoms with Gasteiger partial charge >= 0.3 is 0 Å². The first kappa shape index (κ1) is 16.8. The maximum Gasteiger partial charge on any atom is 0.0433 e. The molecule has 0 unspecified atom stereocenters. The Hall–Kier alpha value is -2.64. The molecule has 0 saturated heterocycles. The van der Waals surface area contributed by atoms with Crippen molar-refractivity contribution < 1.29 is 0 Å². The minimum atomic E-state index is 1.08. The first-order valence-corrected chi connectivity index (χ1v) is 9.96. The largest absolute Gasteiger partial charge is 0.135 e. The topological polar surface area (TPSA) is 0 Å². The summed E-state index contributed by atoms with van der Waals surface area (Å²) in [5.74, 6) is 0. The van der Waals surface area contributed by atoms with Crippen molar-refractivity contribution in [1.29, 1.82) is 0 Å². The highest BCUT2D eigenvalue weighted by molar-refractivity contribution is 7.26. The van der Waals surface area contributed by atoms with Crippen LogP contribution in [0.2, 0.25) is 0 Å². The minimum absolute atomic E-state index is 1.08. The first-order chi connectivity index (χ1) is 12.8. The molecule has 0 aliphatic carbocycles. The lowest BCUT2D eigenvalue weighted by atomic mass is 9.97. The lowest BCUT2D eigenvalue weighted by molar-refractivity contribution is 0.973. The maximum atomic E-state index is 3.85. The normalized spacial score (nSPS) is 12.0. The van der Waals surface area contributed by atoms with Crippen LogP contribution in [0, 0.1) is 0 Å². The number of allylic oxidation sites excluding steroid dienone is 3. The van der Waals surface area contributed by atoms with Gasteiger partial charge in [0.05, 0.1) is 0 Å². The van der Waals surface area contributed by atoms with Gasteiger partial charge in [-0.25, -0.2) is 0 Å². The van der Waals surface area contributed by atoms with E-state index in [0.29, 0.717) is 0 Å². The standard InChI is InChI=1S/C25H22S/c1-3-8-18(9-4-2)19-14-16-20(17-15-19)21-11-7-12-23-22-10-5-6-13-24(22)26-25(21)23/h3,5-8,10-17H,1,4,9H2,2H3/b18-8+. The molecule has 3 aromatic carbocycles. The number of hydrogen-bond acceptors (Lipinski definition) is 1. The van der Waals surface area contributed by atoms with E-state index in [1.165, 1.54) is 42.4 Å². The predicted octanol–water partition coefficient (Wildman–Crippen LogP) is 8.09. The Balaban J connectivity index is 1.81. The highest BCUT2D eigenvalue weighted by Crippen LogP contribution is 2.39. The van der Waals surface area contributed by atoms with E-state index in [1.807, 2.05) is 17.4 Å². The third kappa shape index (κ3) is 3.00. The zero-order valence-electron chi connectivity index (χ0n) is 15.0. The van der Waals surface area contributed by atoms with Crippen molar-refractivity contribution in [3.05, 3.63) is 91.0 Å². The Bertz CT molecular complexity index is 1090. The molecule has 4 rings (SSSR count). The molecule has 128 valence electrons. The third-order valence-electron chi connectivity index (χ3n) is 4.81. The summed E-state index contributed by atoms with van der Waals surface area (Å²) in [6.45, 7) is 6.07. The summed E-state index contributed by atoms with van der Waals surface area (Å²) in [6.07, 6.45) is 6.24. The summed E-state index contributed by atoms with van der Waals surface area (Å²) in [6, 6.07) is 24.3. The summed E-state index contributed by atoms with van der Waals surface area (Å²) >= 11 is 1.89.